The molecule has 21 heavy (non-hydrogen) atoms. The van der Waals surface area contributed by atoms with E-state index in [1.807, 2.05) is 0 Å². The molecule has 0 amide bonds. The van der Waals surface area contributed by atoms with E-state index in [4.69, 9.17) is 0 Å². The van der Waals surface area contributed by atoms with Crippen LogP contribution in [0, 0.1) is 0 Å². The summed E-state index contributed by atoms with van der Waals surface area (Å²) in [6.07, 6.45) is 6.89. The summed E-state index contributed by atoms with van der Waals surface area (Å²) < 4.78 is 22.9. The highest BCUT2D eigenvalue weighted by Gasteiger charge is 2.15. The lowest BCUT2D eigenvalue weighted by Gasteiger charge is -2.27. The monoisotopic (exact) mass is 311 g/mol. The third-order valence-corrected chi connectivity index (χ3v) is 5.20. The highest BCUT2D eigenvalue weighted by molar-refractivity contribution is 7.90. The van der Waals surface area contributed by atoms with Crippen LogP contribution in [0.4, 0.5) is 0 Å². The van der Waals surface area contributed by atoms with Crippen LogP contribution >= 0.6 is 0 Å². The normalized spacial score (nSPS) is 19.7. The molecular formula is C16H25NO3S. The predicted octanol–water partition coefficient (Wildman–Crippen LogP) is 2.39. The first-order valence-corrected chi connectivity index (χ1v) is 9.56. The van der Waals surface area contributed by atoms with Crippen LogP contribution in [0.1, 0.15) is 43.8 Å². The molecule has 118 valence electrons. The second-order valence-corrected chi connectivity index (χ2v) is 7.94. The lowest BCUT2D eigenvalue weighted by Crippen LogP contribution is -2.31. The quantitative estimate of drug-likeness (QED) is 0.927. The van der Waals surface area contributed by atoms with Crippen LogP contribution in [0.3, 0.4) is 0 Å². The third kappa shape index (κ3) is 5.09. The van der Waals surface area contributed by atoms with Crippen LogP contribution in [0.2, 0.25) is 0 Å². The molecule has 2 rings (SSSR count). The number of aliphatic hydroxyl groups excluding tert-OH is 1. The molecule has 1 N–H and O–H groups in total. The molecule has 1 fully saturated rings. The van der Waals surface area contributed by atoms with E-state index in [-0.39, 0.29) is 0 Å². The largest absolute Gasteiger partial charge is 0.387 e. The van der Waals surface area contributed by atoms with E-state index in [2.05, 4.69) is 4.90 Å². The van der Waals surface area contributed by atoms with Crippen molar-refractivity contribution < 1.29 is 13.5 Å². The van der Waals surface area contributed by atoms with Crippen molar-refractivity contribution in [2.75, 3.05) is 25.9 Å². The number of β-amino-alcohol motifs (C(OH)–C–C–N with tert-alkyl or cyclic N) is 1. The van der Waals surface area contributed by atoms with Crippen molar-refractivity contribution in [1.29, 1.82) is 0 Å². The number of aliphatic hydroxyl groups is 1. The van der Waals surface area contributed by atoms with Crippen molar-refractivity contribution in [3.8, 4) is 0 Å². The molecule has 1 saturated heterocycles. The maximum Gasteiger partial charge on any atom is 0.175 e. The Bertz CT molecular complexity index is 531. The van der Waals surface area contributed by atoms with Crippen LogP contribution in [-0.4, -0.2) is 44.3 Å². The molecule has 4 nitrogen and oxygen atoms in total. The van der Waals surface area contributed by atoms with E-state index < -0.39 is 15.9 Å². The average molecular weight is 311 g/mol. The molecule has 0 radical (unpaired) electrons. The molecule has 5 heteroatoms. The highest BCUT2D eigenvalue weighted by Crippen LogP contribution is 2.19. The Hall–Kier alpha value is -0.910. The second-order valence-electron chi connectivity index (χ2n) is 5.93. The van der Waals surface area contributed by atoms with Crippen LogP contribution in [-0.2, 0) is 9.84 Å². The first-order chi connectivity index (χ1) is 9.97. The first kappa shape index (κ1) is 16.5. The van der Waals surface area contributed by atoms with Gasteiger partial charge in [0.25, 0.3) is 0 Å². The molecule has 0 bridgehead atoms. The van der Waals surface area contributed by atoms with Crippen LogP contribution < -0.4 is 0 Å². The number of hydrogen-bond donors (Lipinski definition) is 1. The second kappa shape index (κ2) is 7.38. The van der Waals surface area contributed by atoms with Gasteiger partial charge in [-0.15, -0.1) is 0 Å². The molecule has 1 unspecified atom stereocenters. The first-order valence-electron chi connectivity index (χ1n) is 7.67. The molecule has 0 aromatic heterocycles. The molecule has 0 saturated carbocycles. The van der Waals surface area contributed by atoms with Gasteiger partial charge in [0.1, 0.15) is 0 Å². The minimum atomic E-state index is -3.17. The van der Waals surface area contributed by atoms with Crippen molar-refractivity contribution in [2.24, 2.45) is 0 Å². The topological polar surface area (TPSA) is 57.6 Å². The Morgan fingerprint density at radius 2 is 1.57 bits per heavy atom. The summed E-state index contributed by atoms with van der Waals surface area (Å²) in [5, 5.41) is 10.3. The Labute approximate surface area is 127 Å². The van der Waals surface area contributed by atoms with E-state index in [0.717, 1.165) is 18.7 Å². The van der Waals surface area contributed by atoms with E-state index >= 15 is 0 Å². The zero-order chi connectivity index (χ0) is 15.3. The standard InChI is InChI=1S/C16H25NO3S/c1-21(19,20)15-9-7-14(8-10-15)16(18)13-17-11-5-3-2-4-6-12-17/h7-10,16,18H,2-6,11-13H2,1H3. The molecule has 1 aromatic rings. The van der Waals surface area contributed by atoms with Crippen LogP contribution in [0.25, 0.3) is 0 Å². The van der Waals surface area contributed by atoms with Crippen molar-refractivity contribution in [3.63, 3.8) is 0 Å². The smallest absolute Gasteiger partial charge is 0.175 e. The van der Waals surface area contributed by atoms with Crippen molar-refractivity contribution >= 4 is 9.84 Å². The van der Waals surface area contributed by atoms with Crippen molar-refractivity contribution in [3.05, 3.63) is 29.8 Å². The zero-order valence-corrected chi connectivity index (χ0v) is 13.5. The molecular weight excluding hydrogens is 286 g/mol. The van der Waals surface area contributed by atoms with Crippen molar-refractivity contribution in [2.45, 2.75) is 43.1 Å². The summed E-state index contributed by atoms with van der Waals surface area (Å²) in [4.78, 5) is 2.61. The predicted molar refractivity (Wildman–Crippen MR) is 84.0 cm³/mol. The summed E-state index contributed by atoms with van der Waals surface area (Å²) in [6.45, 7) is 2.70. The van der Waals surface area contributed by atoms with Gasteiger partial charge in [-0.05, 0) is 43.6 Å². The number of nitrogens with zero attached hydrogens (tertiary/aromatic N) is 1. The van der Waals surface area contributed by atoms with Gasteiger partial charge in [0, 0.05) is 12.8 Å². The Kier molecular flexibility index (Phi) is 5.79. The van der Waals surface area contributed by atoms with Crippen molar-refractivity contribution in [1.82, 2.24) is 4.90 Å². The number of hydrogen-bond acceptors (Lipinski definition) is 4. The van der Waals surface area contributed by atoms with Gasteiger partial charge in [0.15, 0.2) is 9.84 Å². The third-order valence-electron chi connectivity index (χ3n) is 4.07. The molecule has 1 atom stereocenters. The van der Waals surface area contributed by atoms with Gasteiger partial charge in [-0.3, -0.25) is 0 Å². The Morgan fingerprint density at radius 3 is 2.10 bits per heavy atom. The maximum atomic E-state index is 11.4. The Morgan fingerprint density at radius 1 is 1.05 bits per heavy atom. The minimum absolute atomic E-state index is 0.296. The zero-order valence-electron chi connectivity index (χ0n) is 12.7. The lowest BCUT2D eigenvalue weighted by molar-refractivity contribution is 0.108. The Balaban J connectivity index is 1.97. The SMILES string of the molecule is CS(=O)(=O)c1ccc(C(O)CN2CCCCCCC2)cc1. The lowest BCUT2D eigenvalue weighted by atomic mass is 10.1. The van der Waals surface area contributed by atoms with Gasteiger partial charge in [-0.1, -0.05) is 31.4 Å². The van der Waals surface area contributed by atoms with E-state index in [1.165, 1.54) is 38.4 Å². The molecule has 0 aliphatic carbocycles. The summed E-state index contributed by atoms with van der Waals surface area (Å²) in [6, 6.07) is 6.57. The molecule has 1 aliphatic rings. The summed E-state index contributed by atoms with van der Waals surface area (Å²) in [5.41, 5.74) is 0.782. The number of likely N-dealkylation sites (tertiary alicyclic amines) is 1. The fourth-order valence-corrected chi connectivity index (χ4v) is 3.41. The van der Waals surface area contributed by atoms with E-state index in [9.17, 15) is 13.5 Å². The van der Waals surface area contributed by atoms with Crippen LogP contribution in [0.15, 0.2) is 29.2 Å². The van der Waals surface area contributed by atoms with Gasteiger partial charge in [-0.2, -0.15) is 0 Å². The minimum Gasteiger partial charge on any atom is -0.387 e. The van der Waals surface area contributed by atoms with Gasteiger partial charge in [0.2, 0.25) is 0 Å². The molecule has 1 aromatic carbocycles. The fourth-order valence-electron chi connectivity index (χ4n) is 2.78. The van der Waals surface area contributed by atoms with Gasteiger partial charge >= 0.3 is 0 Å². The number of benzene rings is 1. The van der Waals surface area contributed by atoms with Gasteiger partial charge < -0.3 is 10.0 Å². The van der Waals surface area contributed by atoms with E-state index in [0.29, 0.717) is 11.4 Å². The van der Waals surface area contributed by atoms with Crippen LogP contribution in [0.5, 0.6) is 0 Å². The summed E-state index contributed by atoms with van der Waals surface area (Å²) in [7, 11) is -3.17. The summed E-state index contributed by atoms with van der Waals surface area (Å²) in [5.74, 6) is 0. The average Bonchev–Trinajstić information content (AvgIpc) is 2.41. The highest BCUT2D eigenvalue weighted by atomic mass is 32.2. The maximum absolute atomic E-state index is 11.4. The fraction of sp³-hybridized carbons (Fsp3) is 0.625. The van der Waals surface area contributed by atoms with E-state index in [1.54, 1.807) is 24.3 Å². The molecule has 1 heterocycles. The number of rotatable bonds is 4. The summed E-state index contributed by atoms with van der Waals surface area (Å²) >= 11 is 0. The van der Waals surface area contributed by atoms with Gasteiger partial charge in [-0.25, -0.2) is 8.42 Å². The van der Waals surface area contributed by atoms with Gasteiger partial charge in [0.05, 0.1) is 11.0 Å². The molecule has 0 spiro atoms. The number of sulfone groups is 1. The molecule has 1 aliphatic heterocycles.